The Labute approximate surface area is 103 Å². The molecule has 0 radical (unpaired) electrons. The van der Waals surface area contributed by atoms with Crippen LogP contribution in [0, 0.1) is 6.92 Å². The maximum atomic E-state index is 11.7. The number of nitrogens with two attached hydrogens (primary N) is 1. The van der Waals surface area contributed by atoms with Gasteiger partial charge in [-0.3, -0.25) is 4.79 Å². The van der Waals surface area contributed by atoms with E-state index >= 15 is 0 Å². The predicted octanol–water partition coefficient (Wildman–Crippen LogP) is 2.13. The average Bonchev–Trinajstić information content (AvgIpc) is 2.34. The van der Waals surface area contributed by atoms with Gasteiger partial charge in [-0.05, 0) is 24.5 Å². The van der Waals surface area contributed by atoms with Crippen LogP contribution in [0.15, 0.2) is 24.3 Å². The first-order valence-corrected chi connectivity index (χ1v) is 6.23. The van der Waals surface area contributed by atoms with Gasteiger partial charge in [0.15, 0.2) is 0 Å². The van der Waals surface area contributed by atoms with Gasteiger partial charge in [0.2, 0.25) is 5.91 Å². The van der Waals surface area contributed by atoms with E-state index in [1.54, 1.807) is 0 Å². The largest absolute Gasteiger partial charge is 0.351 e. The molecule has 0 aliphatic carbocycles. The summed E-state index contributed by atoms with van der Waals surface area (Å²) in [6.07, 6.45) is 2.83. The highest BCUT2D eigenvalue weighted by Gasteiger charge is 2.12. The fraction of sp³-hybridized carbons (Fsp3) is 0.500. The molecule has 1 aromatic carbocycles. The minimum atomic E-state index is -0.376. The summed E-state index contributed by atoms with van der Waals surface area (Å²) in [5, 5.41) is 2.88. The zero-order chi connectivity index (χ0) is 12.7. The third-order valence-electron chi connectivity index (χ3n) is 2.92. The number of aryl methyl sites for hydroxylation is 1. The summed E-state index contributed by atoms with van der Waals surface area (Å²) in [7, 11) is 0. The Hall–Kier alpha value is -1.35. The van der Waals surface area contributed by atoms with E-state index < -0.39 is 0 Å². The van der Waals surface area contributed by atoms with Gasteiger partial charge in [-0.1, -0.05) is 44.0 Å². The minimum absolute atomic E-state index is 0.0540. The lowest BCUT2D eigenvalue weighted by Gasteiger charge is -2.12. The summed E-state index contributed by atoms with van der Waals surface area (Å²) in [5.41, 5.74) is 8.13. The minimum Gasteiger partial charge on any atom is -0.351 e. The second-order valence-corrected chi connectivity index (χ2v) is 4.39. The molecule has 0 aliphatic heterocycles. The standard InChI is InChI=1S/C14H22N2O/c1-3-4-9-13(15)14(17)16-10-12-8-6-5-7-11(12)2/h5-8,13H,3-4,9-10,15H2,1-2H3,(H,16,17). The smallest absolute Gasteiger partial charge is 0.237 e. The van der Waals surface area contributed by atoms with E-state index in [1.807, 2.05) is 31.2 Å². The highest BCUT2D eigenvalue weighted by Crippen LogP contribution is 2.06. The Bertz CT molecular complexity index is 363. The molecule has 1 rings (SSSR count). The number of benzene rings is 1. The van der Waals surface area contributed by atoms with E-state index in [0.717, 1.165) is 24.8 Å². The molecule has 1 atom stereocenters. The molecule has 3 N–H and O–H groups in total. The number of amides is 1. The van der Waals surface area contributed by atoms with E-state index in [2.05, 4.69) is 12.2 Å². The maximum absolute atomic E-state index is 11.7. The quantitative estimate of drug-likeness (QED) is 0.792. The molecular formula is C14H22N2O. The first-order chi connectivity index (χ1) is 8.15. The highest BCUT2D eigenvalue weighted by molar-refractivity contribution is 5.81. The topological polar surface area (TPSA) is 55.1 Å². The molecule has 1 unspecified atom stereocenters. The van der Waals surface area contributed by atoms with Gasteiger partial charge in [-0.2, -0.15) is 0 Å². The van der Waals surface area contributed by atoms with Gasteiger partial charge in [-0.15, -0.1) is 0 Å². The summed E-state index contributed by atoms with van der Waals surface area (Å²) >= 11 is 0. The molecule has 0 spiro atoms. The van der Waals surface area contributed by atoms with Crippen molar-refractivity contribution in [3.8, 4) is 0 Å². The Morgan fingerprint density at radius 2 is 2.12 bits per heavy atom. The van der Waals surface area contributed by atoms with Crippen molar-refractivity contribution in [2.24, 2.45) is 5.73 Å². The molecule has 0 aliphatic rings. The van der Waals surface area contributed by atoms with Crippen LogP contribution in [-0.4, -0.2) is 11.9 Å². The molecule has 0 saturated carbocycles. The number of carbonyl (C=O) groups is 1. The molecule has 0 saturated heterocycles. The summed E-state index contributed by atoms with van der Waals surface area (Å²) in [5.74, 6) is -0.0540. The lowest BCUT2D eigenvalue weighted by molar-refractivity contribution is -0.122. The van der Waals surface area contributed by atoms with Gasteiger partial charge < -0.3 is 11.1 Å². The van der Waals surface area contributed by atoms with Gasteiger partial charge in [0.05, 0.1) is 6.04 Å². The second-order valence-electron chi connectivity index (χ2n) is 4.39. The van der Waals surface area contributed by atoms with Crippen LogP contribution in [-0.2, 0) is 11.3 Å². The number of rotatable bonds is 6. The fourth-order valence-corrected chi connectivity index (χ4v) is 1.68. The van der Waals surface area contributed by atoms with Crippen LogP contribution in [0.2, 0.25) is 0 Å². The molecule has 0 aromatic heterocycles. The van der Waals surface area contributed by atoms with Crippen LogP contribution < -0.4 is 11.1 Å². The number of nitrogens with one attached hydrogen (secondary N) is 1. The molecule has 17 heavy (non-hydrogen) atoms. The van der Waals surface area contributed by atoms with Gasteiger partial charge in [0.25, 0.3) is 0 Å². The summed E-state index contributed by atoms with van der Waals surface area (Å²) in [6.45, 7) is 4.70. The Kier molecular flexibility index (Phi) is 5.70. The van der Waals surface area contributed by atoms with Crippen molar-refractivity contribution in [3.05, 3.63) is 35.4 Å². The Balaban J connectivity index is 2.40. The van der Waals surface area contributed by atoms with Gasteiger partial charge in [0.1, 0.15) is 0 Å². The van der Waals surface area contributed by atoms with Crippen LogP contribution in [0.25, 0.3) is 0 Å². The molecule has 1 aromatic rings. The number of unbranched alkanes of at least 4 members (excludes halogenated alkanes) is 1. The van der Waals surface area contributed by atoms with Crippen molar-refractivity contribution in [2.45, 2.75) is 45.7 Å². The van der Waals surface area contributed by atoms with E-state index in [0.29, 0.717) is 6.54 Å². The molecular weight excluding hydrogens is 212 g/mol. The number of hydrogen-bond acceptors (Lipinski definition) is 2. The lowest BCUT2D eigenvalue weighted by atomic mass is 10.1. The van der Waals surface area contributed by atoms with Crippen LogP contribution in [0.1, 0.15) is 37.3 Å². The van der Waals surface area contributed by atoms with Crippen LogP contribution in [0.5, 0.6) is 0 Å². The van der Waals surface area contributed by atoms with Crippen LogP contribution in [0.4, 0.5) is 0 Å². The number of carbonyl (C=O) groups excluding carboxylic acids is 1. The first kappa shape index (κ1) is 13.7. The zero-order valence-corrected chi connectivity index (χ0v) is 10.7. The molecule has 0 fully saturated rings. The van der Waals surface area contributed by atoms with Gasteiger partial charge >= 0.3 is 0 Å². The lowest BCUT2D eigenvalue weighted by Crippen LogP contribution is -2.40. The monoisotopic (exact) mass is 234 g/mol. The highest BCUT2D eigenvalue weighted by atomic mass is 16.2. The van der Waals surface area contributed by atoms with E-state index in [4.69, 9.17) is 5.73 Å². The van der Waals surface area contributed by atoms with E-state index in [-0.39, 0.29) is 11.9 Å². The van der Waals surface area contributed by atoms with Crippen molar-refractivity contribution in [1.82, 2.24) is 5.32 Å². The van der Waals surface area contributed by atoms with E-state index in [1.165, 1.54) is 5.56 Å². The van der Waals surface area contributed by atoms with Crippen molar-refractivity contribution < 1.29 is 4.79 Å². The van der Waals surface area contributed by atoms with Crippen LogP contribution >= 0.6 is 0 Å². The van der Waals surface area contributed by atoms with E-state index in [9.17, 15) is 4.79 Å². The third kappa shape index (κ3) is 4.57. The van der Waals surface area contributed by atoms with Gasteiger partial charge in [0, 0.05) is 6.54 Å². The second kappa shape index (κ2) is 7.07. The Morgan fingerprint density at radius 3 is 2.76 bits per heavy atom. The SMILES string of the molecule is CCCCC(N)C(=O)NCc1ccccc1C. The molecule has 0 heterocycles. The summed E-state index contributed by atoms with van der Waals surface area (Å²) < 4.78 is 0. The summed E-state index contributed by atoms with van der Waals surface area (Å²) in [6, 6.07) is 7.66. The maximum Gasteiger partial charge on any atom is 0.237 e. The molecule has 3 heteroatoms. The van der Waals surface area contributed by atoms with Crippen molar-refractivity contribution >= 4 is 5.91 Å². The average molecular weight is 234 g/mol. The van der Waals surface area contributed by atoms with Crippen molar-refractivity contribution in [2.75, 3.05) is 0 Å². The normalized spacial score (nSPS) is 12.2. The van der Waals surface area contributed by atoms with Crippen LogP contribution in [0.3, 0.4) is 0 Å². The third-order valence-corrected chi connectivity index (χ3v) is 2.92. The Morgan fingerprint density at radius 1 is 1.41 bits per heavy atom. The van der Waals surface area contributed by atoms with Crippen molar-refractivity contribution in [1.29, 1.82) is 0 Å². The number of hydrogen-bond donors (Lipinski definition) is 2. The first-order valence-electron chi connectivity index (χ1n) is 6.23. The predicted molar refractivity (Wildman–Crippen MR) is 70.5 cm³/mol. The summed E-state index contributed by atoms with van der Waals surface area (Å²) in [4.78, 5) is 11.7. The van der Waals surface area contributed by atoms with Crippen molar-refractivity contribution in [3.63, 3.8) is 0 Å². The fourth-order valence-electron chi connectivity index (χ4n) is 1.68. The van der Waals surface area contributed by atoms with Gasteiger partial charge in [-0.25, -0.2) is 0 Å². The zero-order valence-electron chi connectivity index (χ0n) is 10.7. The molecule has 0 bridgehead atoms. The molecule has 94 valence electrons. The molecule has 1 amide bonds. The molecule has 3 nitrogen and oxygen atoms in total.